The zero-order chi connectivity index (χ0) is 21.1. The first-order valence-corrected chi connectivity index (χ1v) is 10.2. The molecule has 0 saturated carbocycles. The van der Waals surface area contributed by atoms with Crippen LogP contribution < -0.4 is 5.32 Å². The summed E-state index contributed by atoms with van der Waals surface area (Å²) in [4.78, 5) is 27.2. The van der Waals surface area contributed by atoms with E-state index in [2.05, 4.69) is 35.0 Å². The zero-order valence-corrected chi connectivity index (χ0v) is 17.2. The van der Waals surface area contributed by atoms with Gasteiger partial charge in [-0.05, 0) is 55.3 Å². The lowest BCUT2D eigenvalue weighted by Crippen LogP contribution is -2.37. The number of ether oxygens (including phenoxy) is 1. The third-order valence-corrected chi connectivity index (χ3v) is 5.36. The van der Waals surface area contributed by atoms with Crippen molar-refractivity contribution in [1.82, 2.24) is 9.47 Å². The summed E-state index contributed by atoms with van der Waals surface area (Å²) in [6.07, 6.45) is 2.83. The van der Waals surface area contributed by atoms with Crippen molar-refractivity contribution in [3.05, 3.63) is 83.7 Å². The maximum atomic E-state index is 13.3. The summed E-state index contributed by atoms with van der Waals surface area (Å²) in [6, 6.07) is 18.8. The minimum absolute atomic E-state index is 0.0689. The van der Waals surface area contributed by atoms with E-state index >= 15 is 0 Å². The highest BCUT2D eigenvalue weighted by Gasteiger charge is 2.30. The molecule has 1 N–H and O–H groups in total. The smallest absolute Gasteiger partial charge is 0.338 e. The molecule has 0 saturated heterocycles. The van der Waals surface area contributed by atoms with Crippen molar-refractivity contribution in [2.24, 2.45) is 0 Å². The van der Waals surface area contributed by atoms with Gasteiger partial charge in [0.2, 0.25) is 0 Å². The highest BCUT2D eigenvalue weighted by molar-refractivity contribution is 5.94. The Balaban J connectivity index is 1.64. The van der Waals surface area contributed by atoms with Crippen LogP contribution >= 0.6 is 0 Å². The molecule has 0 radical (unpaired) electrons. The Morgan fingerprint density at radius 2 is 1.90 bits per heavy atom. The predicted octanol–water partition coefficient (Wildman–Crippen LogP) is 5.15. The number of para-hydroxylation sites is 1. The molecule has 0 bridgehead atoms. The standard InChI is InChI=1S/C24H25N3O3/c1-3-20-22-13-8-14-26(22)21-12-6-5-9-18(21)16-27(20)24(29)25-19-11-7-10-17(15-19)23(28)30-4-2/h5-15,20H,3-4,16H2,1-2H3,(H,25,29)/t20-/m0/s1. The van der Waals surface area contributed by atoms with Crippen LogP contribution in [-0.4, -0.2) is 28.1 Å². The van der Waals surface area contributed by atoms with Gasteiger partial charge in [0.15, 0.2) is 0 Å². The average molecular weight is 403 g/mol. The van der Waals surface area contributed by atoms with E-state index in [9.17, 15) is 9.59 Å². The average Bonchev–Trinajstić information content (AvgIpc) is 3.19. The molecule has 2 heterocycles. The van der Waals surface area contributed by atoms with Gasteiger partial charge in [-0.15, -0.1) is 0 Å². The number of rotatable bonds is 4. The maximum Gasteiger partial charge on any atom is 0.338 e. The molecule has 0 fully saturated rings. The number of carbonyl (C=O) groups excluding carboxylic acids is 2. The van der Waals surface area contributed by atoms with E-state index in [0.29, 0.717) is 24.4 Å². The lowest BCUT2D eigenvalue weighted by molar-refractivity contribution is 0.0526. The van der Waals surface area contributed by atoms with Crippen LogP contribution in [0, 0.1) is 0 Å². The van der Waals surface area contributed by atoms with Crippen LogP contribution in [0.2, 0.25) is 0 Å². The number of anilines is 1. The molecule has 0 spiro atoms. The first-order valence-electron chi connectivity index (χ1n) is 10.2. The summed E-state index contributed by atoms with van der Waals surface area (Å²) in [5.41, 5.74) is 4.24. The Morgan fingerprint density at radius 1 is 1.07 bits per heavy atom. The number of hydrogen-bond acceptors (Lipinski definition) is 3. The van der Waals surface area contributed by atoms with E-state index < -0.39 is 5.97 Å². The number of aromatic nitrogens is 1. The number of benzene rings is 2. The topological polar surface area (TPSA) is 63.6 Å². The van der Waals surface area contributed by atoms with Crippen molar-refractivity contribution in [2.45, 2.75) is 32.9 Å². The van der Waals surface area contributed by atoms with Crippen molar-refractivity contribution in [2.75, 3.05) is 11.9 Å². The van der Waals surface area contributed by atoms with Crippen LogP contribution in [0.25, 0.3) is 5.69 Å². The fraction of sp³-hybridized carbons (Fsp3) is 0.250. The number of carbonyl (C=O) groups is 2. The molecule has 6 heteroatoms. The molecule has 0 aliphatic carbocycles. The monoisotopic (exact) mass is 403 g/mol. The Bertz CT molecular complexity index is 1070. The number of amides is 2. The van der Waals surface area contributed by atoms with Gasteiger partial charge in [0.05, 0.1) is 30.4 Å². The van der Waals surface area contributed by atoms with E-state index in [1.165, 1.54) is 0 Å². The third kappa shape index (κ3) is 3.68. The molecule has 4 rings (SSSR count). The van der Waals surface area contributed by atoms with Gasteiger partial charge in [0, 0.05) is 17.6 Å². The molecule has 0 unspecified atom stereocenters. The minimum Gasteiger partial charge on any atom is -0.462 e. The summed E-state index contributed by atoms with van der Waals surface area (Å²) < 4.78 is 7.22. The maximum absolute atomic E-state index is 13.3. The van der Waals surface area contributed by atoms with Crippen molar-refractivity contribution in [3.63, 3.8) is 0 Å². The first kappa shape index (κ1) is 19.8. The van der Waals surface area contributed by atoms with E-state index in [1.807, 2.05) is 29.3 Å². The molecule has 1 atom stereocenters. The second-order valence-electron chi connectivity index (χ2n) is 7.22. The van der Waals surface area contributed by atoms with Gasteiger partial charge >= 0.3 is 12.0 Å². The lowest BCUT2D eigenvalue weighted by atomic mass is 10.1. The Labute approximate surface area is 176 Å². The van der Waals surface area contributed by atoms with Crippen molar-refractivity contribution < 1.29 is 14.3 Å². The normalized spacial score (nSPS) is 15.0. The molecule has 6 nitrogen and oxygen atoms in total. The summed E-state index contributed by atoms with van der Waals surface area (Å²) >= 11 is 0. The van der Waals surface area contributed by atoms with Gasteiger partial charge in [0.1, 0.15) is 0 Å². The van der Waals surface area contributed by atoms with Gasteiger partial charge < -0.3 is 19.5 Å². The van der Waals surface area contributed by atoms with Gasteiger partial charge in [-0.3, -0.25) is 0 Å². The summed E-state index contributed by atoms with van der Waals surface area (Å²) in [7, 11) is 0. The number of hydrogen-bond donors (Lipinski definition) is 1. The second-order valence-corrected chi connectivity index (χ2v) is 7.22. The SMILES string of the molecule is CCOC(=O)c1cccc(NC(=O)N2Cc3ccccc3-n3cccc3[C@@H]2CC)c1. The van der Waals surface area contributed by atoms with E-state index in [0.717, 1.165) is 23.4 Å². The number of nitrogens with one attached hydrogen (secondary N) is 1. The van der Waals surface area contributed by atoms with Gasteiger partial charge in [-0.25, -0.2) is 9.59 Å². The fourth-order valence-corrected chi connectivity index (χ4v) is 3.99. The van der Waals surface area contributed by atoms with Gasteiger partial charge in [0.25, 0.3) is 0 Å². The van der Waals surface area contributed by atoms with Crippen LogP contribution in [0.15, 0.2) is 66.9 Å². The molecule has 2 aromatic carbocycles. The summed E-state index contributed by atoms with van der Waals surface area (Å²) in [5, 5.41) is 2.96. The molecule has 1 aromatic heterocycles. The zero-order valence-electron chi connectivity index (χ0n) is 17.2. The largest absolute Gasteiger partial charge is 0.462 e. The lowest BCUT2D eigenvalue weighted by Gasteiger charge is -2.29. The second kappa shape index (κ2) is 8.45. The van der Waals surface area contributed by atoms with Crippen LogP contribution in [0.4, 0.5) is 10.5 Å². The van der Waals surface area contributed by atoms with Gasteiger partial charge in [-0.2, -0.15) is 0 Å². The molecule has 30 heavy (non-hydrogen) atoms. The number of nitrogens with zero attached hydrogens (tertiary/aromatic N) is 2. The fourth-order valence-electron chi connectivity index (χ4n) is 3.99. The molecule has 2 amide bonds. The van der Waals surface area contributed by atoms with E-state index in [1.54, 1.807) is 31.2 Å². The quantitative estimate of drug-likeness (QED) is 0.613. The molecule has 154 valence electrons. The van der Waals surface area contributed by atoms with Crippen LogP contribution in [0.5, 0.6) is 0 Å². The summed E-state index contributed by atoms with van der Waals surface area (Å²) in [6.45, 7) is 4.65. The predicted molar refractivity (Wildman–Crippen MR) is 116 cm³/mol. The highest BCUT2D eigenvalue weighted by Crippen LogP contribution is 2.34. The van der Waals surface area contributed by atoms with Crippen molar-refractivity contribution in [3.8, 4) is 5.69 Å². The Morgan fingerprint density at radius 3 is 2.70 bits per heavy atom. The minimum atomic E-state index is -0.401. The number of urea groups is 1. The molecule has 1 aliphatic heterocycles. The molecular formula is C24H25N3O3. The molecule has 3 aromatic rings. The number of fused-ring (bicyclic) bond motifs is 3. The van der Waals surface area contributed by atoms with Crippen molar-refractivity contribution in [1.29, 1.82) is 0 Å². The summed E-state index contributed by atoms with van der Waals surface area (Å²) in [5.74, 6) is -0.401. The first-order chi connectivity index (χ1) is 14.6. The Hall–Kier alpha value is -3.54. The van der Waals surface area contributed by atoms with Crippen LogP contribution in [0.1, 0.15) is 47.9 Å². The van der Waals surface area contributed by atoms with E-state index in [4.69, 9.17) is 4.74 Å². The molecular weight excluding hydrogens is 378 g/mol. The van der Waals surface area contributed by atoms with Gasteiger partial charge in [-0.1, -0.05) is 31.2 Å². The Kier molecular flexibility index (Phi) is 5.57. The van der Waals surface area contributed by atoms with Crippen LogP contribution in [-0.2, 0) is 11.3 Å². The van der Waals surface area contributed by atoms with E-state index in [-0.39, 0.29) is 12.1 Å². The number of esters is 1. The third-order valence-electron chi connectivity index (χ3n) is 5.36. The highest BCUT2D eigenvalue weighted by atomic mass is 16.5. The molecule has 1 aliphatic rings. The van der Waals surface area contributed by atoms with Crippen LogP contribution in [0.3, 0.4) is 0 Å². The van der Waals surface area contributed by atoms with Crippen molar-refractivity contribution >= 4 is 17.7 Å².